The number of urea groups is 1. The Kier molecular flexibility index (Phi) is 9.68. The van der Waals surface area contributed by atoms with Crippen LogP contribution in [0.4, 0.5) is 10.5 Å². The van der Waals surface area contributed by atoms with Gasteiger partial charge in [0.15, 0.2) is 17.7 Å². The lowest BCUT2D eigenvalue weighted by atomic mass is 9.95. The van der Waals surface area contributed by atoms with Crippen LogP contribution in [-0.4, -0.2) is 59.9 Å². The molecule has 2 atom stereocenters. The first-order valence-electron chi connectivity index (χ1n) is 11.4. The van der Waals surface area contributed by atoms with Crippen molar-refractivity contribution >= 4 is 39.8 Å². The molecule has 0 aliphatic carbocycles. The average molecular weight is 608 g/mol. The molecular weight excluding hydrogens is 582 g/mol. The molecule has 0 saturated carbocycles. The minimum atomic E-state index is -1.27. The smallest absolute Gasteiger partial charge is 0.337 e. The van der Waals surface area contributed by atoms with Crippen LogP contribution in [0.5, 0.6) is 17.2 Å². The molecule has 39 heavy (non-hydrogen) atoms. The maximum absolute atomic E-state index is 12.4. The lowest BCUT2D eigenvalue weighted by molar-refractivity contribution is -0.386. The maximum atomic E-state index is 12.4. The first-order valence-corrected chi connectivity index (χ1v) is 12.2. The van der Waals surface area contributed by atoms with Crippen molar-refractivity contribution in [1.82, 2.24) is 16.1 Å². The standard InChI is InChI=1S/C24H26BrN5O9/c1-4-38-18-9-14(21-20(23(33)37-3)12(2)27-24(34)28-21)5-6-17(18)39-11-19(31)29-26-10-13-7-15(25)22(32)16(8-13)30(35)36/h5-10,19,21,29,31-32H,4,11H2,1-3H3,(H2,27,28,34)/b26-10-/t19-,21+/m1/s1. The van der Waals surface area contributed by atoms with E-state index in [2.05, 4.69) is 37.1 Å². The van der Waals surface area contributed by atoms with E-state index in [1.807, 2.05) is 0 Å². The van der Waals surface area contributed by atoms with Gasteiger partial charge in [0.25, 0.3) is 0 Å². The van der Waals surface area contributed by atoms with Gasteiger partial charge in [0, 0.05) is 17.3 Å². The number of nitrogens with one attached hydrogen (secondary N) is 3. The van der Waals surface area contributed by atoms with Crippen molar-refractivity contribution in [2.45, 2.75) is 26.1 Å². The molecule has 2 aromatic carbocycles. The Morgan fingerprint density at radius 1 is 1.31 bits per heavy atom. The van der Waals surface area contributed by atoms with Gasteiger partial charge in [-0.2, -0.15) is 5.10 Å². The van der Waals surface area contributed by atoms with E-state index in [-0.39, 0.29) is 29.0 Å². The molecule has 1 aliphatic rings. The topological polar surface area (TPSA) is 194 Å². The minimum Gasteiger partial charge on any atom is -0.501 e. The van der Waals surface area contributed by atoms with Crippen LogP contribution >= 0.6 is 15.9 Å². The zero-order chi connectivity index (χ0) is 28.7. The summed E-state index contributed by atoms with van der Waals surface area (Å²) in [4.78, 5) is 34.8. The third-order valence-corrected chi connectivity index (χ3v) is 5.98. The van der Waals surface area contributed by atoms with Gasteiger partial charge in [-0.25, -0.2) is 9.59 Å². The number of allylic oxidation sites excluding steroid dienone is 1. The van der Waals surface area contributed by atoms with E-state index < -0.39 is 40.6 Å². The molecule has 1 heterocycles. The summed E-state index contributed by atoms with van der Waals surface area (Å²) in [5, 5.41) is 40.1. The number of nitro benzene ring substituents is 1. The summed E-state index contributed by atoms with van der Waals surface area (Å²) in [7, 11) is 1.25. The summed E-state index contributed by atoms with van der Waals surface area (Å²) in [6, 6.07) is 6.08. The summed E-state index contributed by atoms with van der Waals surface area (Å²) in [6.07, 6.45) is -0.0473. The summed E-state index contributed by atoms with van der Waals surface area (Å²) < 4.78 is 16.3. The van der Waals surface area contributed by atoms with Crippen molar-refractivity contribution in [2.75, 3.05) is 20.3 Å². The summed E-state index contributed by atoms with van der Waals surface area (Å²) in [5.41, 5.74) is 3.35. The van der Waals surface area contributed by atoms with E-state index in [1.165, 1.54) is 19.4 Å². The normalized spacial score (nSPS) is 15.8. The van der Waals surface area contributed by atoms with Crippen molar-refractivity contribution in [2.24, 2.45) is 5.10 Å². The molecule has 208 valence electrons. The largest absolute Gasteiger partial charge is 0.501 e. The van der Waals surface area contributed by atoms with Gasteiger partial charge in [0.2, 0.25) is 5.75 Å². The van der Waals surface area contributed by atoms with Crippen LogP contribution in [0, 0.1) is 10.1 Å². The lowest BCUT2D eigenvalue weighted by Crippen LogP contribution is -2.45. The highest BCUT2D eigenvalue weighted by Crippen LogP contribution is 2.36. The number of phenols is 1. The number of aromatic hydroxyl groups is 1. The second kappa shape index (κ2) is 12.9. The maximum Gasteiger partial charge on any atom is 0.337 e. The second-order valence-electron chi connectivity index (χ2n) is 8.04. The van der Waals surface area contributed by atoms with Crippen molar-refractivity contribution in [3.63, 3.8) is 0 Å². The number of benzene rings is 2. The molecule has 15 heteroatoms. The van der Waals surface area contributed by atoms with Gasteiger partial charge in [0.05, 0.1) is 40.9 Å². The van der Waals surface area contributed by atoms with E-state index in [9.17, 15) is 29.9 Å². The molecule has 0 saturated heterocycles. The number of hydrogen-bond acceptors (Lipinski definition) is 11. The van der Waals surface area contributed by atoms with Crippen LogP contribution < -0.4 is 25.5 Å². The lowest BCUT2D eigenvalue weighted by Gasteiger charge is -2.28. The van der Waals surface area contributed by atoms with Crippen LogP contribution in [0.25, 0.3) is 0 Å². The minimum absolute atomic E-state index is 0.113. The molecule has 0 fully saturated rings. The number of ether oxygens (including phenoxy) is 3. The molecule has 5 N–H and O–H groups in total. The average Bonchev–Trinajstić information content (AvgIpc) is 2.89. The number of phenolic OH excluding ortho intramolecular Hbond substituents is 1. The molecule has 2 amide bonds. The number of nitro groups is 1. The van der Waals surface area contributed by atoms with Crippen LogP contribution in [0.2, 0.25) is 0 Å². The van der Waals surface area contributed by atoms with Gasteiger partial charge < -0.3 is 35.1 Å². The Labute approximate surface area is 230 Å². The highest BCUT2D eigenvalue weighted by atomic mass is 79.9. The number of carbonyl (C=O) groups is 2. The van der Waals surface area contributed by atoms with Crippen molar-refractivity contribution in [3.05, 3.63) is 67.3 Å². The summed E-state index contributed by atoms with van der Waals surface area (Å²) in [6.45, 7) is 3.39. The fourth-order valence-corrected chi connectivity index (χ4v) is 4.11. The fourth-order valence-electron chi connectivity index (χ4n) is 3.64. The molecule has 1 aliphatic heterocycles. The molecular formula is C24H26BrN5O9. The Morgan fingerprint density at radius 2 is 2.05 bits per heavy atom. The van der Waals surface area contributed by atoms with Crippen LogP contribution in [-0.2, 0) is 9.53 Å². The summed E-state index contributed by atoms with van der Waals surface area (Å²) in [5.74, 6) is -0.525. The number of hydrogen-bond donors (Lipinski definition) is 5. The highest BCUT2D eigenvalue weighted by molar-refractivity contribution is 9.10. The Balaban J connectivity index is 1.71. The third-order valence-electron chi connectivity index (χ3n) is 5.37. The third kappa shape index (κ3) is 7.14. The van der Waals surface area contributed by atoms with E-state index in [0.717, 1.165) is 6.07 Å². The van der Waals surface area contributed by atoms with Crippen molar-refractivity contribution < 1.29 is 38.9 Å². The Bertz CT molecular complexity index is 1330. The summed E-state index contributed by atoms with van der Waals surface area (Å²) >= 11 is 3.04. The van der Waals surface area contributed by atoms with Gasteiger partial charge >= 0.3 is 17.7 Å². The van der Waals surface area contributed by atoms with Gasteiger partial charge in [-0.05, 0) is 53.5 Å². The number of hydrazone groups is 1. The molecule has 0 unspecified atom stereocenters. The number of amides is 2. The zero-order valence-electron chi connectivity index (χ0n) is 21.1. The van der Waals surface area contributed by atoms with Crippen molar-refractivity contribution in [1.29, 1.82) is 0 Å². The van der Waals surface area contributed by atoms with E-state index in [1.54, 1.807) is 32.0 Å². The number of methoxy groups -OCH3 is 1. The van der Waals surface area contributed by atoms with E-state index >= 15 is 0 Å². The van der Waals surface area contributed by atoms with Crippen LogP contribution in [0.3, 0.4) is 0 Å². The number of halogens is 1. The SMILES string of the molecule is CCOc1cc([C@@H]2NC(=O)NC(C)=C2C(=O)OC)ccc1OC[C@@H](O)N/N=C\c1cc(Br)c(O)c([N+](=O)[O-])c1. The predicted octanol–water partition coefficient (Wildman–Crippen LogP) is 2.58. The van der Waals surface area contributed by atoms with Crippen LogP contribution in [0.1, 0.15) is 31.0 Å². The molecule has 0 aromatic heterocycles. The number of carbonyl (C=O) groups excluding carboxylic acids is 2. The molecule has 0 radical (unpaired) electrons. The van der Waals surface area contributed by atoms with Crippen LogP contribution in [0.15, 0.2) is 51.2 Å². The number of esters is 1. The monoisotopic (exact) mass is 607 g/mol. The van der Waals surface area contributed by atoms with Gasteiger partial charge in [0.1, 0.15) is 6.61 Å². The molecule has 0 bridgehead atoms. The number of rotatable bonds is 11. The quantitative estimate of drug-likeness (QED) is 0.0832. The highest BCUT2D eigenvalue weighted by Gasteiger charge is 2.32. The first kappa shape index (κ1) is 29.2. The molecule has 2 aromatic rings. The van der Waals surface area contributed by atoms with E-state index in [0.29, 0.717) is 22.6 Å². The number of aliphatic hydroxyl groups is 1. The number of nitrogens with zero attached hydrogens (tertiary/aromatic N) is 2. The second-order valence-corrected chi connectivity index (χ2v) is 8.90. The Morgan fingerprint density at radius 3 is 2.72 bits per heavy atom. The predicted molar refractivity (Wildman–Crippen MR) is 141 cm³/mol. The molecule has 14 nitrogen and oxygen atoms in total. The zero-order valence-corrected chi connectivity index (χ0v) is 22.6. The van der Waals surface area contributed by atoms with E-state index in [4.69, 9.17) is 14.2 Å². The number of aliphatic hydroxyl groups excluding tert-OH is 1. The fraction of sp³-hybridized carbons (Fsp3) is 0.292. The van der Waals surface area contributed by atoms with Crippen molar-refractivity contribution in [3.8, 4) is 17.2 Å². The molecule has 0 spiro atoms. The first-order chi connectivity index (χ1) is 18.5. The van der Waals surface area contributed by atoms with Gasteiger partial charge in [-0.3, -0.25) is 15.5 Å². The van der Waals surface area contributed by atoms with Gasteiger partial charge in [-0.15, -0.1) is 0 Å². The van der Waals surface area contributed by atoms with Gasteiger partial charge in [-0.1, -0.05) is 6.07 Å². The molecule has 3 rings (SSSR count). The Hall–Kier alpha value is -4.37.